The highest BCUT2D eigenvalue weighted by Crippen LogP contribution is 2.20. The Labute approximate surface area is 115 Å². The quantitative estimate of drug-likeness (QED) is 0.622. The van der Waals surface area contributed by atoms with Gasteiger partial charge in [0.2, 0.25) is 0 Å². The Hall–Kier alpha value is -2.51. The fourth-order valence-corrected chi connectivity index (χ4v) is 2.26. The summed E-state index contributed by atoms with van der Waals surface area (Å²) < 4.78 is 1.34. The molecule has 0 N–H and O–H groups in total. The van der Waals surface area contributed by atoms with Crippen molar-refractivity contribution >= 4 is 11.5 Å². The number of hydrogen-bond donors (Lipinski definition) is 0. The molecule has 0 radical (unpaired) electrons. The van der Waals surface area contributed by atoms with Gasteiger partial charge in [0.25, 0.3) is 5.95 Å². The molecule has 3 heterocycles. The molecule has 0 aromatic carbocycles. The molecule has 0 spiro atoms. The van der Waals surface area contributed by atoms with E-state index in [1.807, 2.05) is 13.0 Å². The number of aryl methyl sites for hydroxylation is 1. The Balaban J connectivity index is 1.97. The zero-order valence-corrected chi connectivity index (χ0v) is 11.1. The van der Waals surface area contributed by atoms with Gasteiger partial charge in [0.1, 0.15) is 18.2 Å². The van der Waals surface area contributed by atoms with Crippen molar-refractivity contribution in [2.45, 2.75) is 19.8 Å². The lowest BCUT2D eigenvalue weighted by atomic mass is 10.4. The molecule has 0 saturated carbocycles. The van der Waals surface area contributed by atoms with E-state index >= 15 is 0 Å². The maximum atomic E-state index is 10.7. The van der Waals surface area contributed by atoms with Crippen LogP contribution in [-0.4, -0.2) is 37.8 Å². The largest absolute Gasteiger partial charge is 0.356 e. The van der Waals surface area contributed by atoms with E-state index in [9.17, 15) is 10.1 Å². The third-order valence-electron chi connectivity index (χ3n) is 3.24. The van der Waals surface area contributed by atoms with Crippen molar-refractivity contribution in [3.63, 3.8) is 0 Å². The maximum absolute atomic E-state index is 10.7. The van der Waals surface area contributed by atoms with Crippen molar-refractivity contribution < 1.29 is 4.92 Å². The predicted octanol–water partition coefficient (Wildman–Crippen LogP) is 1.48. The predicted molar refractivity (Wildman–Crippen MR) is 72.0 cm³/mol. The minimum absolute atomic E-state index is 0.0715. The molecular formula is C12H14N6O2. The third-order valence-corrected chi connectivity index (χ3v) is 3.24. The summed E-state index contributed by atoms with van der Waals surface area (Å²) in [4.78, 5) is 21.1. The van der Waals surface area contributed by atoms with E-state index in [1.54, 1.807) is 0 Å². The summed E-state index contributed by atoms with van der Waals surface area (Å²) in [5.41, 5.74) is 0.743. The highest BCUT2D eigenvalue weighted by Gasteiger charge is 2.17. The molecule has 0 aliphatic carbocycles. The van der Waals surface area contributed by atoms with Gasteiger partial charge in [-0.25, -0.2) is 4.98 Å². The van der Waals surface area contributed by atoms with Crippen molar-refractivity contribution in [2.75, 3.05) is 18.0 Å². The van der Waals surface area contributed by atoms with Crippen molar-refractivity contribution in [1.82, 2.24) is 19.7 Å². The summed E-state index contributed by atoms with van der Waals surface area (Å²) in [6, 6.07) is 1.92. The molecule has 2 aromatic rings. The van der Waals surface area contributed by atoms with E-state index in [1.165, 1.54) is 17.1 Å². The summed E-state index contributed by atoms with van der Waals surface area (Å²) in [5.74, 6) is 1.21. The number of nitrogens with zero attached hydrogens (tertiary/aromatic N) is 6. The smallest absolute Gasteiger partial charge is 0.307 e. The van der Waals surface area contributed by atoms with Gasteiger partial charge in [-0.3, -0.25) is 10.1 Å². The zero-order valence-electron chi connectivity index (χ0n) is 11.1. The summed E-state index contributed by atoms with van der Waals surface area (Å²) in [6.07, 6.45) is 4.83. The van der Waals surface area contributed by atoms with Crippen LogP contribution in [-0.2, 0) is 0 Å². The van der Waals surface area contributed by atoms with Crippen molar-refractivity contribution in [1.29, 1.82) is 0 Å². The lowest BCUT2D eigenvalue weighted by Gasteiger charge is -2.17. The summed E-state index contributed by atoms with van der Waals surface area (Å²) in [6.45, 7) is 3.84. The molecule has 1 saturated heterocycles. The van der Waals surface area contributed by atoms with E-state index in [0.29, 0.717) is 5.95 Å². The molecule has 8 heteroatoms. The summed E-state index contributed by atoms with van der Waals surface area (Å²) in [5, 5.41) is 14.6. The van der Waals surface area contributed by atoms with Crippen molar-refractivity contribution in [3.05, 3.63) is 34.3 Å². The molecule has 20 heavy (non-hydrogen) atoms. The first kappa shape index (κ1) is 12.5. The Morgan fingerprint density at radius 2 is 2.05 bits per heavy atom. The van der Waals surface area contributed by atoms with Gasteiger partial charge >= 0.3 is 5.69 Å². The normalized spacial score (nSPS) is 14.8. The zero-order chi connectivity index (χ0) is 14.1. The minimum Gasteiger partial charge on any atom is -0.356 e. The number of hydrogen-bond acceptors (Lipinski definition) is 6. The lowest BCUT2D eigenvalue weighted by Crippen LogP contribution is -2.20. The first-order valence-corrected chi connectivity index (χ1v) is 6.43. The van der Waals surface area contributed by atoms with Crippen LogP contribution in [0.3, 0.4) is 0 Å². The Morgan fingerprint density at radius 3 is 2.70 bits per heavy atom. The Bertz CT molecular complexity index is 647. The highest BCUT2D eigenvalue weighted by atomic mass is 16.6. The van der Waals surface area contributed by atoms with E-state index in [-0.39, 0.29) is 5.69 Å². The molecule has 0 unspecified atom stereocenters. The van der Waals surface area contributed by atoms with Gasteiger partial charge in [-0.2, -0.15) is 14.8 Å². The second-order valence-corrected chi connectivity index (χ2v) is 4.76. The molecular weight excluding hydrogens is 260 g/mol. The molecule has 2 aromatic heterocycles. The van der Waals surface area contributed by atoms with Crippen LogP contribution in [0.5, 0.6) is 0 Å². The third kappa shape index (κ3) is 2.31. The van der Waals surface area contributed by atoms with Gasteiger partial charge in [0.15, 0.2) is 0 Å². The lowest BCUT2D eigenvalue weighted by molar-refractivity contribution is -0.384. The molecule has 104 valence electrons. The van der Waals surface area contributed by atoms with E-state index in [0.717, 1.165) is 37.4 Å². The number of aromatic nitrogens is 4. The second kappa shape index (κ2) is 4.87. The van der Waals surface area contributed by atoms with Crippen LogP contribution in [0.1, 0.15) is 18.5 Å². The SMILES string of the molecule is Cc1cc(N2CCCC2)nc(-n2cc([N+](=O)[O-])cn2)n1. The van der Waals surface area contributed by atoms with Crippen LogP contribution in [0.25, 0.3) is 5.95 Å². The van der Waals surface area contributed by atoms with Crippen LogP contribution in [0.4, 0.5) is 11.5 Å². The van der Waals surface area contributed by atoms with Gasteiger partial charge in [0, 0.05) is 24.8 Å². The van der Waals surface area contributed by atoms with Gasteiger partial charge in [-0.05, 0) is 19.8 Å². The maximum Gasteiger partial charge on any atom is 0.307 e. The molecule has 1 fully saturated rings. The molecule has 1 aliphatic rings. The van der Waals surface area contributed by atoms with Gasteiger partial charge in [-0.1, -0.05) is 0 Å². The fraction of sp³-hybridized carbons (Fsp3) is 0.417. The van der Waals surface area contributed by atoms with Crippen LogP contribution >= 0.6 is 0 Å². The van der Waals surface area contributed by atoms with Crippen LogP contribution < -0.4 is 4.90 Å². The van der Waals surface area contributed by atoms with Crippen LogP contribution in [0, 0.1) is 17.0 Å². The Morgan fingerprint density at radius 1 is 1.30 bits per heavy atom. The Kier molecular flexibility index (Phi) is 3.05. The summed E-state index contributed by atoms with van der Waals surface area (Å²) in [7, 11) is 0. The van der Waals surface area contributed by atoms with Crippen LogP contribution in [0.2, 0.25) is 0 Å². The number of rotatable bonds is 3. The molecule has 8 nitrogen and oxygen atoms in total. The van der Waals surface area contributed by atoms with E-state index in [2.05, 4.69) is 20.0 Å². The van der Waals surface area contributed by atoms with E-state index < -0.39 is 4.92 Å². The first-order valence-electron chi connectivity index (χ1n) is 6.43. The number of anilines is 1. The van der Waals surface area contributed by atoms with Gasteiger partial charge in [-0.15, -0.1) is 0 Å². The summed E-state index contributed by atoms with van der Waals surface area (Å²) >= 11 is 0. The standard InChI is InChI=1S/C12H14N6O2/c1-9-6-11(16-4-2-3-5-16)15-12(14-9)17-8-10(7-13-17)18(19)20/h6-8H,2-5H2,1H3. The van der Waals surface area contributed by atoms with Crippen molar-refractivity contribution in [2.24, 2.45) is 0 Å². The molecule has 0 amide bonds. The van der Waals surface area contributed by atoms with E-state index in [4.69, 9.17) is 0 Å². The van der Waals surface area contributed by atoms with Gasteiger partial charge in [0.05, 0.1) is 4.92 Å². The molecule has 0 bridgehead atoms. The average molecular weight is 274 g/mol. The fourth-order valence-electron chi connectivity index (χ4n) is 2.26. The first-order chi connectivity index (χ1) is 9.63. The number of nitro groups is 1. The monoisotopic (exact) mass is 274 g/mol. The molecule has 1 aliphatic heterocycles. The van der Waals surface area contributed by atoms with Crippen LogP contribution in [0.15, 0.2) is 18.5 Å². The second-order valence-electron chi connectivity index (χ2n) is 4.76. The topological polar surface area (TPSA) is 90.0 Å². The molecule has 3 rings (SSSR count). The van der Waals surface area contributed by atoms with Gasteiger partial charge < -0.3 is 4.90 Å². The van der Waals surface area contributed by atoms with Crippen molar-refractivity contribution in [3.8, 4) is 5.95 Å². The molecule has 0 atom stereocenters. The highest BCUT2D eigenvalue weighted by molar-refractivity contribution is 5.43. The minimum atomic E-state index is -0.485. The average Bonchev–Trinajstić information content (AvgIpc) is 3.10.